The van der Waals surface area contributed by atoms with Crippen LogP contribution in [0.5, 0.6) is 0 Å². The molecule has 120 valence electrons. The largest absolute Gasteiger partial charge is 0.481 e. The minimum atomic E-state index is -0.722. The highest BCUT2D eigenvalue weighted by Crippen LogP contribution is 2.06. The molecule has 0 aromatic rings. The van der Waals surface area contributed by atoms with Gasteiger partial charge < -0.3 is 10.2 Å². The van der Waals surface area contributed by atoms with Crippen molar-refractivity contribution in [1.82, 2.24) is 0 Å². The van der Waals surface area contributed by atoms with Crippen LogP contribution in [-0.4, -0.2) is 22.3 Å². The topological polar surface area (TPSA) is 57.5 Å². The summed E-state index contributed by atoms with van der Waals surface area (Å²) in [6.07, 6.45) is 19.5. The van der Waals surface area contributed by atoms with E-state index < -0.39 is 5.97 Å². The molecule has 0 aromatic carbocycles. The molecule has 2 N–H and O–H groups in total. The molecule has 0 heterocycles. The summed E-state index contributed by atoms with van der Waals surface area (Å²) in [5, 5.41) is 18.3. The number of unbranched alkanes of at least 4 members (excludes halogenated alkanes) is 2. The molecule has 0 fully saturated rings. The van der Waals surface area contributed by atoms with E-state index in [9.17, 15) is 9.90 Å². The molecule has 0 bridgehead atoms. The van der Waals surface area contributed by atoms with Crippen molar-refractivity contribution >= 4 is 5.97 Å². The third-order valence-corrected chi connectivity index (χ3v) is 3.09. The molecule has 0 unspecified atom stereocenters. The van der Waals surface area contributed by atoms with Crippen molar-refractivity contribution in [2.45, 2.75) is 70.8 Å². The summed E-state index contributed by atoms with van der Waals surface area (Å²) in [7, 11) is 0. The van der Waals surface area contributed by atoms with Gasteiger partial charge in [0.05, 0.1) is 6.10 Å². The highest BCUT2D eigenvalue weighted by atomic mass is 16.4. The van der Waals surface area contributed by atoms with Crippen molar-refractivity contribution in [2.24, 2.45) is 0 Å². The fourth-order valence-corrected chi connectivity index (χ4v) is 1.87. The van der Waals surface area contributed by atoms with Gasteiger partial charge in [0.25, 0.3) is 0 Å². The first-order valence-electron chi connectivity index (χ1n) is 8.01. The Morgan fingerprint density at radius 1 is 1.00 bits per heavy atom. The lowest BCUT2D eigenvalue weighted by Crippen LogP contribution is -2.03. The fraction of sp³-hybridized carbons (Fsp3) is 0.611. The molecule has 0 aromatic heterocycles. The average molecular weight is 294 g/mol. The molecule has 0 aliphatic rings. The number of carbonyl (C=O) groups is 1. The van der Waals surface area contributed by atoms with Gasteiger partial charge in [0, 0.05) is 6.42 Å². The standard InChI is InChI=1S/C18H30O3/c1-2-3-4-5-8-11-14-17(19)15-12-9-6-7-10-13-16-18(20)21/h3-4,6,8-9,11,17,19H,2,5,7,10,12-16H2,1H3,(H,20,21)/b4-3-,9-6-,11-8-/t17-/m1/s1. The summed E-state index contributed by atoms with van der Waals surface area (Å²) in [5.41, 5.74) is 0. The van der Waals surface area contributed by atoms with Gasteiger partial charge in [-0.05, 0) is 51.4 Å². The number of allylic oxidation sites excluding steroid dienone is 5. The van der Waals surface area contributed by atoms with Crippen molar-refractivity contribution in [3.8, 4) is 0 Å². The Morgan fingerprint density at radius 3 is 2.43 bits per heavy atom. The van der Waals surface area contributed by atoms with Gasteiger partial charge in [0.2, 0.25) is 0 Å². The SMILES string of the molecule is CC/C=C\C/C=C\C[C@@H](O)CC/C=C\CCCCC(=O)O. The number of aliphatic hydroxyl groups excluding tert-OH is 1. The second-order valence-corrected chi connectivity index (χ2v) is 5.16. The Hall–Kier alpha value is -1.35. The molecule has 3 nitrogen and oxygen atoms in total. The number of hydrogen-bond acceptors (Lipinski definition) is 2. The number of carboxylic acids is 1. The Morgan fingerprint density at radius 2 is 1.71 bits per heavy atom. The van der Waals surface area contributed by atoms with Crippen LogP contribution < -0.4 is 0 Å². The molecule has 3 heteroatoms. The third-order valence-electron chi connectivity index (χ3n) is 3.09. The van der Waals surface area contributed by atoms with Crippen LogP contribution in [-0.2, 0) is 4.79 Å². The molecule has 0 aliphatic carbocycles. The van der Waals surface area contributed by atoms with E-state index in [1.54, 1.807) is 0 Å². The normalized spacial score (nSPS) is 13.6. The van der Waals surface area contributed by atoms with Gasteiger partial charge in [-0.25, -0.2) is 0 Å². The van der Waals surface area contributed by atoms with E-state index >= 15 is 0 Å². The Kier molecular flexibility index (Phi) is 14.1. The zero-order valence-corrected chi connectivity index (χ0v) is 13.2. The number of hydrogen-bond donors (Lipinski definition) is 2. The maximum Gasteiger partial charge on any atom is 0.303 e. The number of carboxylic acid groups (broad SMARTS) is 1. The lowest BCUT2D eigenvalue weighted by molar-refractivity contribution is -0.137. The van der Waals surface area contributed by atoms with Crippen molar-refractivity contribution in [1.29, 1.82) is 0 Å². The Bertz CT molecular complexity index is 329. The molecule has 0 aliphatic heterocycles. The minimum absolute atomic E-state index is 0.256. The second kappa shape index (κ2) is 15.0. The minimum Gasteiger partial charge on any atom is -0.481 e. The molecule has 0 amide bonds. The molecule has 0 spiro atoms. The number of rotatable bonds is 13. The lowest BCUT2D eigenvalue weighted by atomic mass is 10.1. The number of aliphatic hydroxyl groups is 1. The molecule has 21 heavy (non-hydrogen) atoms. The van der Waals surface area contributed by atoms with Gasteiger partial charge in [0.15, 0.2) is 0 Å². The quantitative estimate of drug-likeness (QED) is 0.384. The van der Waals surface area contributed by atoms with Crippen LogP contribution in [0.1, 0.15) is 64.7 Å². The molecule has 0 saturated heterocycles. The maximum absolute atomic E-state index is 10.3. The molecular formula is C18H30O3. The lowest BCUT2D eigenvalue weighted by Gasteiger charge is -2.04. The maximum atomic E-state index is 10.3. The zero-order chi connectivity index (χ0) is 15.8. The summed E-state index contributed by atoms with van der Waals surface area (Å²) >= 11 is 0. The summed E-state index contributed by atoms with van der Waals surface area (Å²) in [4.78, 5) is 10.3. The van der Waals surface area contributed by atoms with Crippen LogP contribution in [0.3, 0.4) is 0 Å². The zero-order valence-electron chi connectivity index (χ0n) is 13.2. The van der Waals surface area contributed by atoms with Crippen molar-refractivity contribution in [2.75, 3.05) is 0 Å². The van der Waals surface area contributed by atoms with E-state index in [0.717, 1.165) is 44.9 Å². The average Bonchev–Trinajstić information content (AvgIpc) is 2.45. The van der Waals surface area contributed by atoms with E-state index in [0.29, 0.717) is 6.42 Å². The Labute approximate surface area is 129 Å². The smallest absolute Gasteiger partial charge is 0.303 e. The van der Waals surface area contributed by atoms with E-state index in [1.165, 1.54) is 0 Å². The molecule has 0 radical (unpaired) electrons. The molecular weight excluding hydrogens is 264 g/mol. The van der Waals surface area contributed by atoms with Gasteiger partial charge in [-0.3, -0.25) is 4.79 Å². The highest BCUT2D eigenvalue weighted by molar-refractivity contribution is 5.66. The predicted octanol–water partition coefficient (Wildman–Crippen LogP) is 4.63. The molecule has 1 atom stereocenters. The Balaban J connectivity index is 3.45. The summed E-state index contributed by atoms with van der Waals surface area (Å²) in [6.45, 7) is 2.11. The van der Waals surface area contributed by atoms with Gasteiger partial charge in [-0.15, -0.1) is 0 Å². The molecule has 0 rings (SSSR count). The van der Waals surface area contributed by atoms with Gasteiger partial charge in [-0.1, -0.05) is 43.4 Å². The third kappa shape index (κ3) is 16.6. The predicted molar refractivity (Wildman–Crippen MR) is 88.3 cm³/mol. The first kappa shape index (κ1) is 19.7. The van der Waals surface area contributed by atoms with Crippen molar-refractivity contribution in [3.63, 3.8) is 0 Å². The van der Waals surface area contributed by atoms with Gasteiger partial charge >= 0.3 is 5.97 Å². The fourth-order valence-electron chi connectivity index (χ4n) is 1.87. The van der Waals surface area contributed by atoms with Crippen LogP contribution in [0, 0.1) is 0 Å². The summed E-state index contributed by atoms with van der Waals surface area (Å²) in [6, 6.07) is 0. The van der Waals surface area contributed by atoms with Crippen LogP contribution in [0.15, 0.2) is 36.5 Å². The monoisotopic (exact) mass is 294 g/mol. The van der Waals surface area contributed by atoms with Crippen LogP contribution in [0.4, 0.5) is 0 Å². The van der Waals surface area contributed by atoms with E-state index in [1.807, 2.05) is 6.08 Å². The van der Waals surface area contributed by atoms with Crippen LogP contribution in [0.2, 0.25) is 0 Å². The molecule has 0 saturated carbocycles. The first-order valence-corrected chi connectivity index (χ1v) is 8.01. The highest BCUT2D eigenvalue weighted by Gasteiger charge is 1.99. The van der Waals surface area contributed by atoms with Crippen LogP contribution >= 0.6 is 0 Å². The van der Waals surface area contributed by atoms with Crippen LogP contribution in [0.25, 0.3) is 0 Å². The van der Waals surface area contributed by atoms with E-state index in [-0.39, 0.29) is 12.5 Å². The van der Waals surface area contributed by atoms with E-state index in [2.05, 4.69) is 37.3 Å². The second-order valence-electron chi connectivity index (χ2n) is 5.16. The van der Waals surface area contributed by atoms with E-state index in [4.69, 9.17) is 5.11 Å². The van der Waals surface area contributed by atoms with Crippen molar-refractivity contribution < 1.29 is 15.0 Å². The first-order chi connectivity index (χ1) is 10.2. The number of aliphatic carboxylic acids is 1. The van der Waals surface area contributed by atoms with Gasteiger partial charge in [-0.2, -0.15) is 0 Å². The summed E-state index contributed by atoms with van der Waals surface area (Å²) in [5.74, 6) is -0.722. The summed E-state index contributed by atoms with van der Waals surface area (Å²) < 4.78 is 0. The van der Waals surface area contributed by atoms with Gasteiger partial charge in [0.1, 0.15) is 0 Å². The van der Waals surface area contributed by atoms with Crippen molar-refractivity contribution in [3.05, 3.63) is 36.5 Å².